The summed E-state index contributed by atoms with van der Waals surface area (Å²) in [6.45, 7) is 1.97. The van der Waals surface area contributed by atoms with Gasteiger partial charge in [-0.25, -0.2) is 4.68 Å². The Morgan fingerprint density at radius 2 is 1.93 bits per heavy atom. The summed E-state index contributed by atoms with van der Waals surface area (Å²) < 4.78 is 7.00. The van der Waals surface area contributed by atoms with Crippen LogP contribution in [0, 0.1) is 6.92 Å². The van der Waals surface area contributed by atoms with Gasteiger partial charge >= 0.3 is 0 Å². The van der Waals surface area contributed by atoms with Crippen LogP contribution in [0.1, 0.15) is 21.6 Å². The maximum atomic E-state index is 13.2. The first-order chi connectivity index (χ1) is 13.5. The first-order valence-electron chi connectivity index (χ1n) is 8.91. The molecule has 0 saturated carbocycles. The van der Waals surface area contributed by atoms with E-state index in [2.05, 4.69) is 5.10 Å². The number of methoxy groups -OCH3 is 1. The van der Waals surface area contributed by atoms with E-state index in [1.54, 1.807) is 24.1 Å². The monoisotopic (exact) mass is 376 g/mol. The third-order valence-corrected chi connectivity index (χ3v) is 4.91. The Morgan fingerprint density at radius 1 is 1.14 bits per heavy atom. The number of carbonyl (C=O) groups is 2. The van der Waals surface area contributed by atoms with Gasteiger partial charge in [0.2, 0.25) is 5.91 Å². The predicted molar refractivity (Wildman–Crippen MR) is 105 cm³/mol. The molecule has 1 aliphatic rings. The van der Waals surface area contributed by atoms with Crippen molar-refractivity contribution in [2.75, 3.05) is 12.0 Å². The van der Waals surface area contributed by atoms with Gasteiger partial charge in [0, 0.05) is 18.3 Å². The Hall–Kier alpha value is -3.61. The smallest absolute Gasteiger partial charge is 0.279 e. The third kappa shape index (κ3) is 2.90. The molecule has 0 radical (unpaired) electrons. The summed E-state index contributed by atoms with van der Waals surface area (Å²) >= 11 is 0. The molecule has 0 bridgehead atoms. The lowest BCUT2D eigenvalue weighted by molar-refractivity contribution is -0.119. The first kappa shape index (κ1) is 17.8. The van der Waals surface area contributed by atoms with E-state index in [-0.39, 0.29) is 11.6 Å². The van der Waals surface area contributed by atoms with Crippen molar-refractivity contribution in [2.45, 2.75) is 19.4 Å². The van der Waals surface area contributed by atoms with E-state index in [0.717, 1.165) is 16.8 Å². The number of anilines is 1. The molecule has 2 amide bonds. The van der Waals surface area contributed by atoms with Gasteiger partial charge in [0.15, 0.2) is 5.69 Å². The number of hydrogen-bond acceptors (Lipinski definition) is 4. The van der Waals surface area contributed by atoms with Gasteiger partial charge in [-0.2, -0.15) is 5.10 Å². The van der Waals surface area contributed by atoms with Crippen LogP contribution in [0.3, 0.4) is 0 Å². The predicted octanol–water partition coefficient (Wildman–Crippen LogP) is 2.25. The molecule has 28 heavy (non-hydrogen) atoms. The molecule has 2 aromatic carbocycles. The second-order valence-corrected chi connectivity index (χ2v) is 6.75. The number of rotatable bonds is 4. The number of nitrogens with two attached hydrogens (primary N) is 1. The normalized spacial score (nSPS) is 15.4. The highest BCUT2D eigenvalue weighted by Crippen LogP contribution is 2.33. The maximum absolute atomic E-state index is 13.2. The number of carbonyl (C=O) groups excluding carboxylic acids is 2. The Balaban J connectivity index is 1.72. The highest BCUT2D eigenvalue weighted by molar-refractivity contribution is 6.10. The van der Waals surface area contributed by atoms with E-state index in [1.807, 2.05) is 49.4 Å². The summed E-state index contributed by atoms with van der Waals surface area (Å²) in [4.78, 5) is 26.6. The van der Waals surface area contributed by atoms with E-state index >= 15 is 0 Å². The highest BCUT2D eigenvalue weighted by Gasteiger charge is 2.38. The Labute approximate surface area is 162 Å². The molecular weight excluding hydrogens is 356 g/mol. The van der Waals surface area contributed by atoms with Crippen molar-refractivity contribution >= 4 is 17.5 Å². The standard InChI is InChI=1S/C21H20N4O3/c1-13-7-8-19(28-2)17(11-13)24-10-9-15(23-24)21(27)25-16-6-4-3-5-14(16)12-18(25)20(22)26/h3-11,18H,12H2,1-2H3,(H2,22,26)/t18-/m0/s1. The number of fused-ring (bicyclic) bond motifs is 1. The molecule has 2 heterocycles. The molecule has 0 fully saturated rings. The molecule has 1 aliphatic heterocycles. The Bertz CT molecular complexity index is 1070. The van der Waals surface area contributed by atoms with E-state index in [4.69, 9.17) is 10.5 Å². The molecule has 4 rings (SSSR count). The van der Waals surface area contributed by atoms with Gasteiger partial charge in [-0.15, -0.1) is 0 Å². The van der Waals surface area contributed by atoms with E-state index < -0.39 is 11.9 Å². The largest absolute Gasteiger partial charge is 0.494 e. The third-order valence-electron chi connectivity index (χ3n) is 4.91. The summed E-state index contributed by atoms with van der Waals surface area (Å²) in [6.07, 6.45) is 2.11. The van der Waals surface area contributed by atoms with Crippen molar-refractivity contribution in [3.05, 3.63) is 71.5 Å². The van der Waals surface area contributed by atoms with Crippen LogP contribution in [-0.4, -0.2) is 34.7 Å². The van der Waals surface area contributed by atoms with Crippen molar-refractivity contribution in [3.8, 4) is 11.4 Å². The zero-order valence-corrected chi connectivity index (χ0v) is 15.6. The molecule has 0 unspecified atom stereocenters. The summed E-state index contributed by atoms with van der Waals surface area (Å²) in [6, 6.07) is 14.1. The highest BCUT2D eigenvalue weighted by atomic mass is 16.5. The number of benzene rings is 2. The molecule has 0 saturated heterocycles. The van der Waals surface area contributed by atoms with Gasteiger partial charge in [-0.05, 0) is 42.3 Å². The molecular formula is C21H20N4O3. The van der Waals surface area contributed by atoms with Crippen molar-refractivity contribution < 1.29 is 14.3 Å². The quantitative estimate of drug-likeness (QED) is 0.756. The summed E-state index contributed by atoms with van der Waals surface area (Å²) in [5, 5.41) is 4.43. The molecule has 1 atom stereocenters. The van der Waals surface area contributed by atoms with Crippen molar-refractivity contribution in [3.63, 3.8) is 0 Å². The van der Waals surface area contributed by atoms with Crippen molar-refractivity contribution in [1.29, 1.82) is 0 Å². The van der Waals surface area contributed by atoms with Gasteiger partial charge in [0.1, 0.15) is 17.5 Å². The number of para-hydroxylation sites is 1. The van der Waals surface area contributed by atoms with Crippen LogP contribution >= 0.6 is 0 Å². The number of ether oxygens (including phenoxy) is 1. The van der Waals surface area contributed by atoms with Crippen LogP contribution in [0.5, 0.6) is 5.75 Å². The summed E-state index contributed by atoms with van der Waals surface area (Å²) in [5.41, 5.74) is 9.17. The van der Waals surface area contributed by atoms with Gasteiger partial charge < -0.3 is 10.5 Å². The van der Waals surface area contributed by atoms with E-state index in [9.17, 15) is 9.59 Å². The lowest BCUT2D eigenvalue weighted by Gasteiger charge is -2.22. The van der Waals surface area contributed by atoms with Crippen LogP contribution in [0.25, 0.3) is 5.69 Å². The second-order valence-electron chi connectivity index (χ2n) is 6.75. The van der Waals surface area contributed by atoms with Gasteiger partial charge in [-0.1, -0.05) is 24.3 Å². The summed E-state index contributed by atoms with van der Waals surface area (Å²) in [7, 11) is 1.59. The molecule has 2 N–H and O–H groups in total. The molecule has 0 spiro atoms. The zero-order chi connectivity index (χ0) is 19.8. The van der Waals surface area contributed by atoms with E-state index in [1.165, 1.54) is 4.90 Å². The Kier molecular flexibility index (Phi) is 4.35. The molecule has 0 aliphatic carbocycles. The number of amides is 2. The molecule has 142 valence electrons. The minimum absolute atomic E-state index is 0.228. The molecule has 1 aromatic heterocycles. The van der Waals surface area contributed by atoms with Crippen LogP contribution < -0.4 is 15.4 Å². The summed E-state index contributed by atoms with van der Waals surface area (Å²) in [5.74, 6) is -0.252. The average molecular weight is 376 g/mol. The van der Waals surface area contributed by atoms with Gasteiger partial charge in [0.05, 0.1) is 7.11 Å². The minimum atomic E-state index is -0.719. The number of aryl methyl sites for hydroxylation is 1. The maximum Gasteiger partial charge on any atom is 0.279 e. The lowest BCUT2D eigenvalue weighted by Crippen LogP contribution is -2.46. The van der Waals surface area contributed by atoms with Crippen LogP contribution in [0.2, 0.25) is 0 Å². The fourth-order valence-corrected chi connectivity index (χ4v) is 3.54. The molecule has 7 nitrogen and oxygen atoms in total. The topological polar surface area (TPSA) is 90.5 Å². The van der Waals surface area contributed by atoms with Crippen molar-refractivity contribution in [1.82, 2.24) is 9.78 Å². The zero-order valence-electron chi connectivity index (χ0n) is 15.6. The van der Waals surface area contributed by atoms with Crippen LogP contribution in [0.15, 0.2) is 54.7 Å². The average Bonchev–Trinajstić information content (AvgIpc) is 3.32. The Morgan fingerprint density at radius 3 is 2.68 bits per heavy atom. The molecule has 3 aromatic rings. The fraction of sp³-hybridized carbons (Fsp3) is 0.190. The van der Waals surface area contributed by atoms with Crippen LogP contribution in [-0.2, 0) is 11.2 Å². The number of aromatic nitrogens is 2. The minimum Gasteiger partial charge on any atom is -0.494 e. The number of primary amides is 1. The van der Waals surface area contributed by atoms with Crippen LogP contribution in [0.4, 0.5) is 5.69 Å². The van der Waals surface area contributed by atoms with Gasteiger partial charge in [-0.3, -0.25) is 14.5 Å². The van der Waals surface area contributed by atoms with Crippen molar-refractivity contribution in [2.24, 2.45) is 5.73 Å². The lowest BCUT2D eigenvalue weighted by atomic mass is 10.1. The van der Waals surface area contributed by atoms with Gasteiger partial charge in [0.25, 0.3) is 5.91 Å². The number of hydrogen-bond donors (Lipinski definition) is 1. The number of nitrogens with zero attached hydrogens (tertiary/aromatic N) is 3. The molecule has 7 heteroatoms. The van der Waals surface area contributed by atoms with E-state index in [0.29, 0.717) is 17.9 Å². The second kappa shape index (κ2) is 6.84. The first-order valence-corrected chi connectivity index (χ1v) is 8.91. The fourth-order valence-electron chi connectivity index (χ4n) is 3.54. The SMILES string of the molecule is COc1ccc(C)cc1-n1ccc(C(=O)N2c3ccccc3C[C@H]2C(N)=O)n1.